The van der Waals surface area contributed by atoms with Crippen molar-refractivity contribution in [2.75, 3.05) is 40.0 Å². The van der Waals surface area contributed by atoms with E-state index in [9.17, 15) is 19.5 Å². The van der Waals surface area contributed by atoms with E-state index in [1.54, 1.807) is 30.4 Å². The number of esters is 1. The number of nitrogens with zero attached hydrogens (tertiary/aromatic N) is 5. The number of aliphatic hydroxyl groups excluding tert-OH is 1. The van der Waals surface area contributed by atoms with Crippen molar-refractivity contribution < 1.29 is 47.6 Å². The molecule has 342 valence electrons. The zero-order valence-corrected chi connectivity index (χ0v) is 37.9. The summed E-state index contributed by atoms with van der Waals surface area (Å²) in [6, 6.07) is 6.07. The standard InChI is InChI=1S/C44H70FN7O9/c1-12-31-22-33(50(9)10)35(53)39(58-31)60-38-27(4)37(54)43(7,45)40(55)59-34(13-2)44(8)36(28(5)47-24-26(3)23-42(38,6)57-11)52(41(56)61-44)20-15-14-19-51-25-32(48-49-51)29-17-16-18-30(46)21-29/h16-18,21,25-28,31,33-36,38-39,47,53H,12-15,19-20,22-24,46H2,1-11H3/t26-,27-,28-,31-,33+,34-,35-,36-,38+,39?,42-,43+,44-/m1/s1. The molecule has 2 aromatic rings. The van der Waals surface area contributed by atoms with Crippen LogP contribution in [0.3, 0.4) is 0 Å². The fourth-order valence-corrected chi connectivity index (χ4v) is 9.61. The van der Waals surface area contributed by atoms with Gasteiger partial charge in [-0.2, -0.15) is 0 Å². The molecule has 1 aromatic heterocycles. The molecule has 61 heavy (non-hydrogen) atoms. The fraction of sp³-hybridized carbons (Fsp3) is 0.750. The Bertz CT molecular complexity index is 1820. The lowest BCUT2D eigenvalue weighted by atomic mass is 9.78. The first-order valence-corrected chi connectivity index (χ1v) is 21.8. The quantitative estimate of drug-likeness (QED) is 0.114. The van der Waals surface area contributed by atoms with Gasteiger partial charge in [0.05, 0.1) is 30.0 Å². The number of cyclic esters (lactones) is 1. The van der Waals surface area contributed by atoms with Gasteiger partial charge >= 0.3 is 12.1 Å². The van der Waals surface area contributed by atoms with Crippen LogP contribution in [0.5, 0.6) is 0 Å². The van der Waals surface area contributed by atoms with Gasteiger partial charge in [0.1, 0.15) is 17.9 Å². The first-order valence-electron chi connectivity index (χ1n) is 21.8. The summed E-state index contributed by atoms with van der Waals surface area (Å²) in [4.78, 5) is 45.8. The Morgan fingerprint density at radius 2 is 1.79 bits per heavy atom. The Balaban J connectivity index is 1.41. The zero-order valence-electron chi connectivity index (χ0n) is 37.9. The van der Waals surface area contributed by atoms with Crippen molar-refractivity contribution in [3.8, 4) is 11.3 Å². The molecule has 0 bridgehead atoms. The SMILES string of the molecule is CC[C@@H]1C[C@H](N(C)C)[C@@H](O)C(O[C@H]2[C@H](C)C(=O)[C@](C)(F)C(=O)O[C@H](CC)[C@@]3(C)OC(=O)N(CCCCn4cc(-c5cccc(N)c5)nn4)[C@@H]3[C@@H](C)NC[C@H](C)C[C@@]2(C)OC)O1. The molecular weight excluding hydrogens is 790 g/mol. The summed E-state index contributed by atoms with van der Waals surface area (Å²) < 4.78 is 49.9. The Morgan fingerprint density at radius 1 is 1.08 bits per heavy atom. The smallest absolute Gasteiger partial charge is 0.410 e. The molecule has 1 aromatic carbocycles. The lowest BCUT2D eigenvalue weighted by Crippen LogP contribution is -2.61. The number of aryl methyl sites for hydroxylation is 1. The van der Waals surface area contributed by atoms with Crippen molar-refractivity contribution in [2.45, 2.75) is 166 Å². The molecule has 1 amide bonds. The van der Waals surface area contributed by atoms with Crippen molar-refractivity contribution in [3.05, 3.63) is 30.5 Å². The third-order valence-electron chi connectivity index (χ3n) is 13.2. The lowest BCUT2D eigenvalue weighted by molar-refractivity contribution is -0.298. The summed E-state index contributed by atoms with van der Waals surface area (Å²) in [6.07, 6.45) is -0.516. The maximum absolute atomic E-state index is 17.0. The van der Waals surface area contributed by atoms with Crippen LogP contribution in [0, 0.1) is 11.8 Å². The van der Waals surface area contributed by atoms with Crippen LogP contribution in [0.25, 0.3) is 11.3 Å². The second kappa shape index (κ2) is 19.8. The van der Waals surface area contributed by atoms with Crippen molar-refractivity contribution in [1.29, 1.82) is 0 Å². The van der Waals surface area contributed by atoms with Crippen molar-refractivity contribution in [1.82, 2.24) is 30.1 Å². The average molecular weight is 860 g/mol. The number of ether oxygens (including phenoxy) is 5. The molecule has 13 atom stereocenters. The molecule has 0 aliphatic carbocycles. The Hall–Kier alpha value is -3.74. The normalized spacial score (nSPS) is 36.9. The topological polar surface area (TPSA) is 193 Å². The Morgan fingerprint density at radius 3 is 2.43 bits per heavy atom. The van der Waals surface area contributed by atoms with Gasteiger partial charge in [0, 0.05) is 49.5 Å². The van der Waals surface area contributed by atoms with E-state index in [2.05, 4.69) is 15.6 Å². The zero-order chi connectivity index (χ0) is 45.0. The molecule has 1 unspecified atom stereocenters. The number of carbonyl (C=O) groups excluding carboxylic acids is 3. The van der Waals surface area contributed by atoms with E-state index in [-0.39, 0.29) is 24.5 Å². The number of likely N-dealkylation sites (N-methyl/N-ethyl adjacent to an activating group) is 1. The number of nitrogens with two attached hydrogens (primary N) is 1. The van der Waals surface area contributed by atoms with Crippen molar-refractivity contribution >= 4 is 23.5 Å². The number of aromatic nitrogens is 3. The van der Waals surface area contributed by atoms with Crippen LogP contribution in [0.15, 0.2) is 30.5 Å². The number of hydrogen-bond donors (Lipinski definition) is 3. The summed E-state index contributed by atoms with van der Waals surface area (Å²) in [5, 5.41) is 23.7. The molecule has 3 aliphatic heterocycles. The third-order valence-corrected chi connectivity index (χ3v) is 13.2. The first kappa shape index (κ1) is 48.3. The monoisotopic (exact) mass is 860 g/mol. The summed E-state index contributed by atoms with van der Waals surface area (Å²) in [5.74, 6) is -3.85. The van der Waals surface area contributed by atoms with Crippen LogP contribution in [0.1, 0.15) is 93.9 Å². The van der Waals surface area contributed by atoms with E-state index in [1.807, 2.05) is 70.2 Å². The van der Waals surface area contributed by atoms with Crippen LogP contribution < -0.4 is 11.1 Å². The molecule has 3 saturated heterocycles. The van der Waals surface area contributed by atoms with E-state index >= 15 is 4.39 Å². The number of amides is 1. The van der Waals surface area contributed by atoms with Crippen LogP contribution in [0.2, 0.25) is 0 Å². The molecule has 3 aliphatic rings. The highest BCUT2D eigenvalue weighted by molar-refractivity contribution is 6.07. The second-order valence-corrected chi connectivity index (χ2v) is 18.2. The number of rotatable bonds is 12. The molecular formula is C44H70FN7O9. The minimum absolute atomic E-state index is 0.115. The maximum atomic E-state index is 17.0. The highest BCUT2D eigenvalue weighted by Crippen LogP contribution is 2.41. The number of anilines is 1. The van der Waals surface area contributed by atoms with Crippen LogP contribution >= 0.6 is 0 Å². The predicted molar refractivity (Wildman–Crippen MR) is 227 cm³/mol. The fourth-order valence-electron chi connectivity index (χ4n) is 9.61. The number of aliphatic hydroxyl groups is 1. The van der Waals surface area contributed by atoms with Gasteiger partial charge in [-0.05, 0) is 105 Å². The predicted octanol–water partition coefficient (Wildman–Crippen LogP) is 4.77. The number of benzene rings is 1. The van der Waals surface area contributed by atoms with Gasteiger partial charge in [-0.15, -0.1) is 5.10 Å². The number of fused-ring (bicyclic) bond motifs is 1. The third kappa shape index (κ3) is 10.4. The van der Waals surface area contributed by atoms with E-state index in [0.717, 1.165) is 12.5 Å². The van der Waals surface area contributed by atoms with E-state index < -0.39 is 77.3 Å². The van der Waals surface area contributed by atoms with Gasteiger partial charge in [0.15, 0.2) is 17.7 Å². The number of ketones is 1. The van der Waals surface area contributed by atoms with Crippen LogP contribution in [-0.2, 0) is 39.8 Å². The summed E-state index contributed by atoms with van der Waals surface area (Å²) >= 11 is 0. The number of methoxy groups -OCH3 is 1. The molecule has 4 heterocycles. The van der Waals surface area contributed by atoms with Gasteiger partial charge in [0.2, 0.25) is 0 Å². The molecule has 0 spiro atoms. The Labute approximate surface area is 360 Å². The largest absolute Gasteiger partial charge is 0.455 e. The molecule has 0 radical (unpaired) electrons. The first-order chi connectivity index (χ1) is 28.7. The molecule has 17 heteroatoms. The minimum atomic E-state index is -3.13. The van der Waals surface area contributed by atoms with Gasteiger partial charge in [-0.25, -0.2) is 14.0 Å². The summed E-state index contributed by atoms with van der Waals surface area (Å²) in [5.41, 5.74) is 2.37. The number of unbranched alkanes of at least 4 members (excludes halogenated alkanes) is 1. The molecule has 4 N–H and O–H groups in total. The number of carbonyl (C=O) groups is 3. The molecule has 3 fully saturated rings. The summed E-state index contributed by atoms with van der Waals surface area (Å²) in [6.45, 7) is 14.9. The van der Waals surface area contributed by atoms with Crippen LogP contribution in [-0.4, -0.2) is 148 Å². The highest BCUT2D eigenvalue weighted by atomic mass is 19.1. The van der Waals surface area contributed by atoms with E-state index in [4.69, 9.17) is 29.4 Å². The van der Waals surface area contributed by atoms with Gasteiger partial charge in [0.25, 0.3) is 5.67 Å². The number of nitrogen functional groups attached to an aromatic ring is 1. The number of hydrogen-bond acceptors (Lipinski definition) is 14. The molecule has 16 nitrogen and oxygen atoms in total. The van der Waals surface area contributed by atoms with Gasteiger partial charge < -0.3 is 44.7 Å². The number of alkyl halides is 1. The summed E-state index contributed by atoms with van der Waals surface area (Å²) in [7, 11) is 5.24. The van der Waals surface area contributed by atoms with E-state index in [1.165, 1.54) is 14.0 Å². The van der Waals surface area contributed by atoms with Gasteiger partial charge in [-0.1, -0.05) is 45.0 Å². The number of nitrogens with one attached hydrogen (secondary N) is 1. The lowest BCUT2D eigenvalue weighted by Gasteiger charge is -2.47. The Kier molecular flexibility index (Phi) is 15.6. The van der Waals surface area contributed by atoms with Crippen LogP contribution in [0.4, 0.5) is 14.9 Å². The minimum Gasteiger partial charge on any atom is -0.455 e. The number of halogens is 1. The maximum Gasteiger partial charge on any atom is 0.410 e. The van der Waals surface area contributed by atoms with Gasteiger partial charge in [-0.3, -0.25) is 14.4 Å². The highest BCUT2D eigenvalue weighted by Gasteiger charge is 2.60. The molecule has 0 saturated carbocycles. The number of Topliss-reactive ketones (excluding diaryl/α,β-unsaturated/α-hetero) is 1. The average Bonchev–Trinajstić information content (AvgIpc) is 3.80. The van der Waals surface area contributed by atoms with E-state index in [0.29, 0.717) is 63.1 Å². The second-order valence-electron chi connectivity index (χ2n) is 18.2. The van der Waals surface area contributed by atoms with Crippen molar-refractivity contribution in [3.63, 3.8) is 0 Å². The molecule has 5 rings (SSSR count). The van der Waals surface area contributed by atoms with Crippen molar-refractivity contribution in [2.24, 2.45) is 11.8 Å².